The van der Waals surface area contributed by atoms with Crippen LogP contribution in [0.4, 0.5) is 0 Å². The molecule has 21 heavy (non-hydrogen) atoms. The van der Waals surface area contributed by atoms with Crippen LogP contribution in [0.25, 0.3) is 0 Å². The zero-order valence-electron chi connectivity index (χ0n) is 13.1. The van der Waals surface area contributed by atoms with Crippen LogP contribution in [0.3, 0.4) is 0 Å². The summed E-state index contributed by atoms with van der Waals surface area (Å²) >= 11 is 6.09. The Bertz CT molecular complexity index is 454. The third kappa shape index (κ3) is 5.47. The number of nitrogens with zero attached hydrogens (tertiary/aromatic N) is 1. The molecule has 1 aromatic rings. The molecule has 4 nitrogen and oxygen atoms in total. The van der Waals surface area contributed by atoms with Crippen molar-refractivity contribution < 1.29 is 9.47 Å². The van der Waals surface area contributed by atoms with Crippen molar-refractivity contribution in [2.45, 2.75) is 32.5 Å². The molecule has 1 aliphatic rings. The Hall–Kier alpha value is -0.810. The zero-order chi connectivity index (χ0) is 15.2. The Labute approximate surface area is 132 Å². The van der Waals surface area contributed by atoms with E-state index in [9.17, 15) is 0 Å². The predicted octanol–water partition coefficient (Wildman–Crippen LogP) is 2.55. The molecule has 1 heterocycles. The second kappa shape index (κ2) is 7.99. The number of halogens is 1. The number of likely N-dealkylation sites (N-methyl/N-ethyl adjacent to an activating group) is 1. The van der Waals surface area contributed by atoms with Gasteiger partial charge in [0.05, 0.1) is 6.61 Å². The predicted molar refractivity (Wildman–Crippen MR) is 86.2 cm³/mol. The molecular formula is C16H25ClN2O2. The molecule has 1 saturated heterocycles. The highest BCUT2D eigenvalue weighted by Gasteiger charge is 2.18. The molecular weight excluding hydrogens is 288 g/mol. The van der Waals surface area contributed by atoms with Crippen molar-refractivity contribution in [2.24, 2.45) is 0 Å². The summed E-state index contributed by atoms with van der Waals surface area (Å²) in [4.78, 5) is 2.26. The number of morpholine rings is 1. The molecule has 0 radical (unpaired) electrons. The summed E-state index contributed by atoms with van der Waals surface area (Å²) < 4.78 is 11.7. The average molecular weight is 313 g/mol. The fourth-order valence-corrected chi connectivity index (χ4v) is 2.49. The Morgan fingerprint density at radius 2 is 2.29 bits per heavy atom. The lowest BCUT2D eigenvalue weighted by Gasteiger charge is -2.30. The van der Waals surface area contributed by atoms with E-state index in [0.29, 0.717) is 12.6 Å². The van der Waals surface area contributed by atoms with Gasteiger partial charge < -0.3 is 19.7 Å². The number of nitrogens with one attached hydrogen (secondary N) is 1. The molecule has 1 aliphatic heterocycles. The van der Waals surface area contributed by atoms with Crippen LogP contribution in [0.15, 0.2) is 18.2 Å². The summed E-state index contributed by atoms with van der Waals surface area (Å²) in [6, 6.07) is 6.18. The van der Waals surface area contributed by atoms with Crippen LogP contribution in [0.2, 0.25) is 5.02 Å². The van der Waals surface area contributed by atoms with Gasteiger partial charge in [0, 0.05) is 36.3 Å². The summed E-state index contributed by atoms with van der Waals surface area (Å²) in [6.07, 6.45) is 0.130. The summed E-state index contributed by atoms with van der Waals surface area (Å²) in [5.74, 6) is 0.879. The maximum absolute atomic E-state index is 6.09. The fraction of sp³-hybridized carbons (Fsp3) is 0.625. The maximum Gasteiger partial charge on any atom is 0.124 e. The van der Waals surface area contributed by atoms with E-state index in [-0.39, 0.29) is 6.10 Å². The maximum atomic E-state index is 6.09. The quantitative estimate of drug-likeness (QED) is 0.875. The molecule has 0 saturated carbocycles. The summed E-state index contributed by atoms with van der Waals surface area (Å²) in [5.41, 5.74) is 1.08. The minimum Gasteiger partial charge on any atom is -0.490 e. The van der Waals surface area contributed by atoms with Gasteiger partial charge in [-0.15, -0.1) is 0 Å². The lowest BCUT2D eigenvalue weighted by molar-refractivity contribution is -0.0404. The van der Waals surface area contributed by atoms with E-state index in [1.165, 1.54) is 0 Å². The molecule has 5 heteroatoms. The van der Waals surface area contributed by atoms with E-state index in [1.54, 1.807) is 0 Å². The van der Waals surface area contributed by atoms with Crippen LogP contribution in [-0.2, 0) is 11.3 Å². The van der Waals surface area contributed by atoms with E-state index in [4.69, 9.17) is 21.1 Å². The van der Waals surface area contributed by atoms with E-state index in [2.05, 4.69) is 31.1 Å². The summed E-state index contributed by atoms with van der Waals surface area (Å²) in [6.45, 7) is 8.23. The lowest BCUT2D eigenvalue weighted by atomic mass is 10.2. The molecule has 0 aliphatic carbocycles. The standard InChI is InChI=1S/C16H25ClN2O2/c1-12(2)18-9-13-8-14(17)4-5-16(13)21-11-15-10-19(3)6-7-20-15/h4-5,8,12,15,18H,6-7,9-11H2,1-3H3. The average Bonchev–Trinajstić information content (AvgIpc) is 2.44. The Morgan fingerprint density at radius 3 is 3.00 bits per heavy atom. The van der Waals surface area contributed by atoms with Crippen molar-refractivity contribution in [1.82, 2.24) is 10.2 Å². The van der Waals surface area contributed by atoms with Crippen LogP contribution >= 0.6 is 11.6 Å². The molecule has 2 rings (SSSR count). The molecule has 1 aromatic carbocycles. The Kier molecular flexibility index (Phi) is 6.30. The van der Waals surface area contributed by atoms with Crippen LogP contribution in [0, 0.1) is 0 Å². The highest BCUT2D eigenvalue weighted by Crippen LogP contribution is 2.23. The first kappa shape index (κ1) is 16.6. The molecule has 118 valence electrons. The van der Waals surface area contributed by atoms with Crippen molar-refractivity contribution in [3.63, 3.8) is 0 Å². The highest BCUT2D eigenvalue weighted by atomic mass is 35.5. The van der Waals surface area contributed by atoms with Crippen LogP contribution < -0.4 is 10.1 Å². The van der Waals surface area contributed by atoms with Crippen molar-refractivity contribution in [3.8, 4) is 5.75 Å². The lowest BCUT2D eigenvalue weighted by Crippen LogP contribution is -2.42. The number of hydrogen-bond donors (Lipinski definition) is 1. The van der Waals surface area contributed by atoms with Crippen LogP contribution in [0.1, 0.15) is 19.4 Å². The molecule has 0 aromatic heterocycles. The van der Waals surface area contributed by atoms with E-state index in [0.717, 1.165) is 42.6 Å². The van der Waals surface area contributed by atoms with Gasteiger partial charge in [0.1, 0.15) is 18.5 Å². The SMILES string of the molecule is CC(C)NCc1cc(Cl)ccc1OCC1CN(C)CCO1. The molecule has 0 spiro atoms. The summed E-state index contributed by atoms with van der Waals surface area (Å²) in [7, 11) is 2.11. The number of benzene rings is 1. The zero-order valence-corrected chi connectivity index (χ0v) is 13.8. The largest absolute Gasteiger partial charge is 0.490 e. The minimum absolute atomic E-state index is 0.130. The first-order valence-corrected chi connectivity index (χ1v) is 7.87. The topological polar surface area (TPSA) is 33.7 Å². The third-order valence-corrected chi connectivity index (χ3v) is 3.72. The molecule has 0 bridgehead atoms. The van der Waals surface area contributed by atoms with Crippen molar-refractivity contribution >= 4 is 11.6 Å². The first-order chi connectivity index (χ1) is 10.0. The highest BCUT2D eigenvalue weighted by molar-refractivity contribution is 6.30. The smallest absolute Gasteiger partial charge is 0.124 e. The van der Waals surface area contributed by atoms with Gasteiger partial charge in [-0.2, -0.15) is 0 Å². The van der Waals surface area contributed by atoms with Crippen LogP contribution in [0.5, 0.6) is 5.75 Å². The number of hydrogen-bond acceptors (Lipinski definition) is 4. The summed E-state index contributed by atoms with van der Waals surface area (Å²) in [5, 5.41) is 4.13. The second-order valence-electron chi connectivity index (χ2n) is 5.85. The Morgan fingerprint density at radius 1 is 1.48 bits per heavy atom. The van der Waals surface area contributed by atoms with Crippen molar-refractivity contribution in [2.75, 3.05) is 33.4 Å². The first-order valence-electron chi connectivity index (χ1n) is 7.49. The number of rotatable bonds is 6. The van der Waals surface area contributed by atoms with E-state index in [1.807, 2.05) is 18.2 Å². The van der Waals surface area contributed by atoms with Crippen LogP contribution in [-0.4, -0.2) is 50.4 Å². The minimum atomic E-state index is 0.130. The van der Waals surface area contributed by atoms with Crippen molar-refractivity contribution in [3.05, 3.63) is 28.8 Å². The van der Waals surface area contributed by atoms with Gasteiger partial charge in [0.25, 0.3) is 0 Å². The van der Waals surface area contributed by atoms with Crippen molar-refractivity contribution in [1.29, 1.82) is 0 Å². The van der Waals surface area contributed by atoms with E-state index >= 15 is 0 Å². The van der Waals surface area contributed by atoms with Gasteiger partial charge in [-0.1, -0.05) is 25.4 Å². The van der Waals surface area contributed by atoms with Gasteiger partial charge in [-0.05, 0) is 25.2 Å². The van der Waals surface area contributed by atoms with Gasteiger partial charge in [0.2, 0.25) is 0 Å². The fourth-order valence-electron chi connectivity index (χ4n) is 2.29. The van der Waals surface area contributed by atoms with Gasteiger partial charge in [-0.25, -0.2) is 0 Å². The second-order valence-corrected chi connectivity index (χ2v) is 6.29. The van der Waals surface area contributed by atoms with Gasteiger partial charge in [-0.3, -0.25) is 0 Å². The van der Waals surface area contributed by atoms with E-state index < -0.39 is 0 Å². The Balaban J connectivity index is 1.94. The number of ether oxygens (including phenoxy) is 2. The normalized spacial score (nSPS) is 20.0. The molecule has 0 amide bonds. The van der Waals surface area contributed by atoms with Gasteiger partial charge >= 0.3 is 0 Å². The third-order valence-electron chi connectivity index (χ3n) is 3.49. The molecule has 1 atom stereocenters. The van der Waals surface area contributed by atoms with Gasteiger partial charge in [0.15, 0.2) is 0 Å². The molecule has 1 unspecified atom stereocenters. The molecule has 1 N–H and O–H groups in total. The monoisotopic (exact) mass is 312 g/mol. The molecule has 1 fully saturated rings.